The lowest BCUT2D eigenvalue weighted by Crippen LogP contribution is -2.33. The second-order valence-electron chi connectivity index (χ2n) is 9.86. The van der Waals surface area contributed by atoms with Crippen LogP contribution >= 0.6 is 0 Å². The van der Waals surface area contributed by atoms with Crippen molar-refractivity contribution in [2.45, 2.75) is 45.4 Å². The lowest BCUT2D eigenvalue weighted by atomic mass is 9.93. The minimum absolute atomic E-state index is 0.189. The van der Waals surface area contributed by atoms with Gasteiger partial charge in [0.25, 0.3) is 0 Å². The van der Waals surface area contributed by atoms with E-state index in [-0.39, 0.29) is 5.41 Å². The van der Waals surface area contributed by atoms with Gasteiger partial charge in [0.15, 0.2) is 5.82 Å². The monoisotopic (exact) mass is 487 g/mol. The van der Waals surface area contributed by atoms with Crippen molar-refractivity contribution in [3.8, 4) is 11.8 Å². The number of piperidine rings is 1. The van der Waals surface area contributed by atoms with E-state index >= 15 is 0 Å². The summed E-state index contributed by atoms with van der Waals surface area (Å²) in [5.74, 6) is 7.83. The molecule has 3 heterocycles. The second kappa shape index (κ2) is 11.7. The molecule has 0 atom stereocenters. The number of urea groups is 1. The largest absolute Gasteiger partial charge is 0.359 e. The molecule has 9 nitrogen and oxygen atoms in total. The van der Waals surface area contributed by atoms with E-state index in [0.717, 1.165) is 18.7 Å². The van der Waals surface area contributed by atoms with Crippen molar-refractivity contribution < 1.29 is 9.32 Å². The van der Waals surface area contributed by atoms with Gasteiger partial charge in [-0.3, -0.25) is 5.32 Å². The molecule has 0 aliphatic carbocycles. The Morgan fingerprint density at radius 3 is 2.50 bits per heavy atom. The quantitative estimate of drug-likeness (QED) is 0.432. The normalized spacial score (nSPS) is 14.0. The van der Waals surface area contributed by atoms with Crippen molar-refractivity contribution in [2.24, 2.45) is 0 Å². The van der Waals surface area contributed by atoms with E-state index in [9.17, 15) is 4.79 Å². The second-order valence-corrected chi connectivity index (χ2v) is 9.86. The lowest BCUT2D eigenvalue weighted by molar-refractivity contribution is 0.237. The molecule has 0 saturated carbocycles. The summed E-state index contributed by atoms with van der Waals surface area (Å²) in [6.07, 6.45) is 7.34. The van der Waals surface area contributed by atoms with Gasteiger partial charge < -0.3 is 20.1 Å². The molecule has 1 aromatic carbocycles. The van der Waals surface area contributed by atoms with Gasteiger partial charge >= 0.3 is 6.03 Å². The van der Waals surface area contributed by atoms with Gasteiger partial charge in [-0.05, 0) is 44.1 Å². The molecule has 1 aliphatic rings. The summed E-state index contributed by atoms with van der Waals surface area (Å²) in [6.45, 7) is 10.2. The van der Waals surface area contributed by atoms with Gasteiger partial charge in [0.05, 0.1) is 5.56 Å². The van der Waals surface area contributed by atoms with Crippen LogP contribution in [-0.4, -0.2) is 52.2 Å². The van der Waals surface area contributed by atoms with Crippen LogP contribution in [0, 0.1) is 11.8 Å². The number of rotatable bonds is 6. The molecular formula is C27H33N7O2. The first-order chi connectivity index (χ1) is 17.3. The number of hydrogen-bond acceptors (Lipinski definition) is 7. The van der Waals surface area contributed by atoms with Crippen LogP contribution in [-0.2, 0) is 5.41 Å². The van der Waals surface area contributed by atoms with Crippen LogP contribution in [0.5, 0.6) is 0 Å². The van der Waals surface area contributed by atoms with Gasteiger partial charge in [-0.2, -0.15) is 0 Å². The molecule has 3 aromatic rings. The fourth-order valence-corrected chi connectivity index (χ4v) is 3.78. The average Bonchev–Trinajstić information content (AvgIpc) is 3.33. The first-order valence-corrected chi connectivity index (χ1v) is 12.3. The molecule has 36 heavy (non-hydrogen) atoms. The summed E-state index contributed by atoms with van der Waals surface area (Å²) in [4.78, 5) is 23.6. The first kappa shape index (κ1) is 25.2. The highest BCUT2D eigenvalue weighted by molar-refractivity contribution is 5.99. The lowest BCUT2D eigenvalue weighted by Gasteiger charge is -2.26. The fourth-order valence-electron chi connectivity index (χ4n) is 3.78. The van der Waals surface area contributed by atoms with Crippen LogP contribution in [0.3, 0.4) is 0 Å². The molecule has 4 rings (SSSR count). The number of aromatic nitrogens is 3. The summed E-state index contributed by atoms with van der Waals surface area (Å²) < 4.78 is 5.30. The van der Waals surface area contributed by atoms with E-state index in [4.69, 9.17) is 4.52 Å². The Hall–Kier alpha value is -3.90. The van der Waals surface area contributed by atoms with Gasteiger partial charge in [-0.15, -0.1) is 0 Å². The number of nitrogens with one attached hydrogen (secondary N) is 3. The van der Waals surface area contributed by atoms with Crippen molar-refractivity contribution in [3.05, 3.63) is 59.6 Å². The molecular weight excluding hydrogens is 454 g/mol. The van der Waals surface area contributed by atoms with E-state index in [1.807, 2.05) is 32.9 Å². The van der Waals surface area contributed by atoms with Gasteiger partial charge in [-0.1, -0.05) is 50.3 Å². The summed E-state index contributed by atoms with van der Waals surface area (Å²) in [7, 11) is 0. The molecule has 1 fully saturated rings. The van der Waals surface area contributed by atoms with Gasteiger partial charge in [-0.25, -0.2) is 14.8 Å². The van der Waals surface area contributed by atoms with Crippen LogP contribution in [0.25, 0.3) is 0 Å². The Balaban J connectivity index is 1.28. The Bertz CT molecular complexity index is 1210. The standard InChI is InChI=1S/C27H33N7O2/c1-27(2,3)23-17-24(33-36-23)32-26(35)31-22-9-7-8-20(16-22)10-11-21-18-29-25(30-19-21)28-12-15-34-13-5-4-6-14-34/h7-9,16-19H,4-6,12-15H2,1-3H3,(H,28,29,30)(H2,31,32,33,35). The molecule has 0 radical (unpaired) electrons. The van der Waals surface area contributed by atoms with Gasteiger partial charge in [0.1, 0.15) is 5.76 Å². The molecule has 2 amide bonds. The van der Waals surface area contributed by atoms with Crippen LogP contribution < -0.4 is 16.0 Å². The third kappa shape index (κ3) is 7.55. The topological polar surface area (TPSA) is 108 Å². The van der Waals surface area contributed by atoms with Gasteiger partial charge in [0, 0.05) is 48.2 Å². The highest BCUT2D eigenvalue weighted by Gasteiger charge is 2.20. The Morgan fingerprint density at radius 1 is 1.03 bits per heavy atom. The van der Waals surface area contributed by atoms with Crippen LogP contribution in [0.2, 0.25) is 0 Å². The van der Waals surface area contributed by atoms with Crippen LogP contribution in [0.1, 0.15) is 56.9 Å². The number of amides is 2. The number of hydrogen-bond donors (Lipinski definition) is 3. The maximum atomic E-state index is 12.4. The summed E-state index contributed by atoms with van der Waals surface area (Å²) in [6, 6.07) is 8.61. The minimum Gasteiger partial charge on any atom is -0.359 e. The summed E-state index contributed by atoms with van der Waals surface area (Å²) in [5.41, 5.74) is 1.90. The minimum atomic E-state index is -0.411. The molecule has 1 aliphatic heterocycles. The molecule has 0 spiro atoms. The molecule has 3 N–H and O–H groups in total. The van der Waals surface area contributed by atoms with Crippen molar-refractivity contribution in [2.75, 3.05) is 42.1 Å². The maximum absolute atomic E-state index is 12.4. The van der Waals surface area contributed by atoms with Crippen LogP contribution in [0.4, 0.5) is 22.2 Å². The number of likely N-dealkylation sites (tertiary alicyclic amines) is 1. The zero-order valence-electron chi connectivity index (χ0n) is 21.1. The zero-order chi connectivity index (χ0) is 25.4. The summed E-state index contributed by atoms with van der Waals surface area (Å²) in [5, 5.41) is 12.7. The van der Waals surface area contributed by atoms with E-state index in [0.29, 0.717) is 28.8 Å². The number of anilines is 3. The SMILES string of the molecule is CC(C)(C)c1cc(NC(=O)Nc2cccc(C#Cc3cnc(NCCN4CCCCC4)nc3)c2)no1. The Morgan fingerprint density at radius 2 is 1.78 bits per heavy atom. The average molecular weight is 488 g/mol. The number of benzene rings is 1. The molecule has 1 saturated heterocycles. The number of nitrogens with zero attached hydrogens (tertiary/aromatic N) is 4. The molecule has 2 aromatic heterocycles. The highest BCUT2D eigenvalue weighted by Crippen LogP contribution is 2.24. The predicted octanol–water partition coefficient (Wildman–Crippen LogP) is 4.70. The zero-order valence-corrected chi connectivity index (χ0v) is 21.1. The van der Waals surface area contributed by atoms with Gasteiger partial charge in [0.2, 0.25) is 5.95 Å². The highest BCUT2D eigenvalue weighted by atomic mass is 16.5. The van der Waals surface area contributed by atoms with E-state index in [1.54, 1.807) is 30.6 Å². The predicted molar refractivity (Wildman–Crippen MR) is 141 cm³/mol. The van der Waals surface area contributed by atoms with Crippen molar-refractivity contribution in [1.29, 1.82) is 0 Å². The first-order valence-electron chi connectivity index (χ1n) is 12.3. The maximum Gasteiger partial charge on any atom is 0.324 e. The van der Waals surface area contributed by atoms with Crippen molar-refractivity contribution in [3.63, 3.8) is 0 Å². The van der Waals surface area contributed by atoms with E-state index in [2.05, 4.69) is 47.8 Å². The molecule has 0 unspecified atom stereocenters. The Labute approximate surface area is 212 Å². The van der Waals surface area contributed by atoms with Crippen LogP contribution in [0.15, 0.2) is 47.2 Å². The number of carbonyl (C=O) groups excluding carboxylic acids is 1. The fraction of sp³-hybridized carbons (Fsp3) is 0.407. The third-order valence-corrected chi connectivity index (χ3v) is 5.77. The summed E-state index contributed by atoms with van der Waals surface area (Å²) >= 11 is 0. The van der Waals surface area contributed by atoms with Crippen molar-refractivity contribution >= 4 is 23.5 Å². The number of carbonyl (C=O) groups is 1. The Kier molecular flexibility index (Phi) is 8.18. The third-order valence-electron chi connectivity index (χ3n) is 5.77. The molecule has 9 heteroatoms. The van der Waals surface area contributed by atoms with E-state index < -0.39 is 6.03 Å². The molecule has 188 valence electrons. The van der Waals surface area contributed by atoms with E-state index in [1.165, 1.54) is 32.4 Å². The van der Waals surface area contributed by atoms with Crippen molar-refractivity contribution in [1.82, 2.24) is 20.0 Å². The smallest absolute Gasteiger partial charge is 0.324 e. The molecule has 0 bridgehead atoms.